The minimum absolute atomic E-state index is 0.275. The van der Waals surface area contributed by atoms with Crippen molar-refractivity contribution in [2.45, 2.75) is 0 Å². The highest BCUT2D eigenvalue weighted by molar-refractivity contribution is 5.97. The predicted molar refractivity (Wildman–Crippen MR) is 51.6 cm³/mol. The summed E-state index contributed by atoms with van der Waals surface area (Å²) < 4.78 is 25.7. The van der Waals surface area contributed by atoms with Gasteiger partial charge in [-0.3, -0.25) is 4.79 Å². The molecule has 1 aromatic heterocycles. The van der Waals surface area contributed by atoms with Crippen molar-refractivity contribution < 1.29 is 13.6 Å². The van der Waals surface area contributed by atoms with E-state index in [-0.39, 0.29) is 11.6 Å². The fraction of sp³-hybridized carbons (Fsp3) is 0.100. The van der Waals surface area contributed by atoms with Gasteiger partial charge in [0, 0.05) is 24.0 Å². The van der Waals surface area contributed by atoms with Crippen LogP contribution in [0.5, 0.6) is 0 Å². The zero-order valence-electron chi connectivity index (χ0n) is 7.90. The molecule has 5 heteroatoms. The fourth-order valence-corrected chi connectivity index (χ4v) is 1.38. The van der Waals surface area contributed by atoms with E-state index in [1.165, 1.54) is 13.1 Å². The predicted octanol–water partition coefficient (Wildman–Crippen LogP) is 1.81. The van der Waals surface area contributed by atoms with Gasteiger partial charge in [-0.1, -0.05) is 0 Å². The van der Waals surface area contributed by atoms with Crippen molar-refractivity contribution in [3.05, 3.63) is 35.5 Å². The number of amides is 1. The molecule has 0 fully saturated rings. The zero-order valence-corrected chi connectivity index (χ0v) is 7.90. The summed E-state index contributed by atoms with van der Waals surface area (Å²) in [6.07, 6.45) is 0. The van der Waals surface area contributed by atoms with Crippen LogP contribution in [0.1, 0.15) is 10.5 Å². The molecule has 0 atom stereocenters. The van der Waals surface area contributed by atoms with Crippen molar-refractivity contribution in [2.24, 2.45) is 0 Å². The zero-order chi connectivity index (χ0) is 11.0. The van der Waals surface area contributed by atoms with E-state index >= 15 is 0 Å². The molecule has 0 saturated carbocycles. The molecule has 1 amide bonds. The molecule has 0 saturated heterocycles. The first-order valence-electron chi connectivity index (χ1n) is 4.31. The van der Waals surface area contributed by atoms with Gasteiger partial charge in [-0.2, -0.15) is 0 Å². The summed E-state index contributed by atoms with van der Waals surface area (Å²) in [5.74, 6) is -2.19. The molecule has 1 heterocycles. The first-order valence-corrected chi connectivity index (χ1v) is 4.31. The average Bonchev–Trinajstić information content (AvgIpc) is 2.60. The second-order valence-electron chi connectivity index (χ2n) is 3.12. The molecule has 0 unspecified atom stereocenters. The third-order valence-electron chi connectivity index (χ3n) is 2.13. The number of hydrogen-bond donors (Lipinski definition) is 2. The number of fused-ring (bicyclic) bond motifs is 1. The molecule has 0 aliphatic heterocycles. The number of H-pyrrole nitrogens is 1. The van der Waals surface area contributed by atoms with Gasteiger partial charge in [-0.05, 0) is 12.1 Å². The highest BCUT2D eigenvalue weighted by atomic mass is 19.2. The fourth-order valence-electron chi connectivity index (χ4n) is 1.38. The number of aromatic nitrogens is 1. The molecule has 3 nitrogen and oxygen atoms in total. The van der Waals surface area contributed by atoms with Crippen LogP contribution in [-0.2, 0) is 0 Å². The number of carbonyl (C=O) groups is 1. The number of aromatic amines is 1. The SMILES string of the molecule is CNC(=O)c1cc2cc(F)c(F)cc2[nH]1. The molecule has 0 aliphatic rings. The first kappa shape index (κ1) is 9.64. The van der Waals surface area contributed by atoms with Gasteiger partial charge in [0.25, 0.3) is 5.91 Å². The van der Waals surface area contributed by atoms with E-state index in [4.69, 9.17) is 0 Å². The Morgan fingerprint density at radius 3 is 2.60 bits per heavy atom. The van der Waals surface area contributed by atoms with Crippen LogP contribution in [0.15, 0.2) is 18.2 Å². The Labute approximate surface area is 84.1 Å². The number of benzene rings is 1. The molecule has 78 valence electrons. The van der Waals surface area contributed by atoms with Gasteiger partial charge in [0.05, 0.1) is 0 Å². The third-order valence-corrected chi connectivity index (χ3v) is 2.13. The van der Waals surface area contributed by atoms with Crippen molar-refractivity contribution in [3.63, 3.8) is 0 Å². The third kappa shape index (κ3) is 1.56. The topological polar surface area (TPSA) is 44.9 Å². The van der Waals surface area contributed by atoms with Gasteiger partial charge in [0.2, 0.25) is 0 Å². The largest absolute Gasteiger partial charge is 0.354 e. The van der Waals surface area contributed by atoms with Crippen LogP contribution in [0.3, 0.4) is 0 Å². The van der Waals surface area contributed by atoms with Crippen molar-refractivity contribution in [1.82, 2.24) is 10.3 Å². The normalized spacial score (nSPS) is 10.6. The molecular weight excluding hydrogens is 202 g/mol. The summed E-state index contributed by atoms with van der Waals surface area (Å²) in [6.45, 7) is 0. The number of nitrogens with one attached hydrogen (secondary N) is 2. The first-order chi connectivity index (χ1) is 7.11. The Kier molecular flexibility index (Phi) is 2.15. The number of rotatable bonds is 1. The standard InChI is InChI=1S/C10H8F2N2O/c1-13-10(15)9-3-5-2-6(11)7(12)4-8(5)14-9/h2-4,14H,1H3,(H,13,15). The molecular formula is C10H8F2N2O. The Bertz CT molecular complexity index is 494. The minimum Gasteiger partial charge on any atom is -0.354 e. The molecule has 0 bridgehead atoms. The number of carbonyl (C=O) groups excluding carboxylic acids is 1. The van der Waals surface area contributed by atoms with Crippen molar-refractivity contribution in [1.29, 1.82) is 0 Å². The smallest absolute Gasteiger partial charge is 0.267 e. The van der Waals surface area contributed by atoms with E-state index in [1.54, 1.807) is 0 Å². The molecule has 1 aromatic carbocycles. The number of halogens is 2. The van der Waals surface area contributed by atoms with Gasteiger partial charge in [-0.25, -0.2) is 8.78 Å². The maximum Gasteiger partial charge on any atom is 0.267 e. The van der Waals surface area contributed by atoms with Crippen LogP contribution in [-0.4, -0.2) is 17.9 Å². The van der Waals surface area contributed by atoms with Crippen LogP contribution >= 0.6 is 0 Å². The van der Waals surface area contributed by atoms with Gasteiger partial charge < -0.3 is 10.3 Å². The highest BCUT2D eigenvalue weighted by Crippen LogP contribution is 2.19. The molecule has 0 aliphatic carbocycles. The Balaban J connectivity index is 2.61. The van der Waals surface area contributed by atoms with E-state index < -0.39 is 11.6 Å². The van der Waals surface area contributed by atoms with E-state index in [0.29, 0.717) is 10.9 Å². The average molecular weight is 210 g/mol. The monoisotopic (exact) mass is 210 g/mol. The Morgan fingerprint density at radius 2 is 1.93 bits per heavy atom. The Hall–Kier alpha value is -1.91. The molecule has 2 rings (SSSR count). The molecule has 0 radical (unpaired) electrons. The molecule has 2 aromatic rings. The van der Waals surface area contributed by atoms with Crippen molar-refractivity contribution >= 4 is 16.8 Å². The quantitative estimate of drug-likeness (QED) is 0.740. The lowest BCUT2D eigenvalue weighted by atomic mass is 10.2. The summed E-state index contributed by atoms with van der Waals surface area (Å²) in [5.41, 5.74) is 0.671. The van der Waals surface area contributed by atoms with Crippen LogP contribution in [0, 0.1) is 11.6 Å². The molecule has 2 N–H and O–H groups in total. The lowest BCUT2D eigenvalue weighted by Gasteiger charge is -1.93. The Morgan fingerprint density at radius 1 is 1.27 bits per heavy atom. The van der Waals surface area contributed by atoms with Crippen molar-refractivity contribution in [2.75, 3.05) is 7.05 Å². The maximum atomic E-state index is 12.9. The van der Waals surface area contributed by atoms with E-state index in [0.717, 1.165) is 12.1 Å². The van der Waals surface area contributed by atoms with Gasteiger partial charge in [0.15, 0.2) is 11.6 Å². The molecule has 0 spiro atoms. The lowest BCUT2D eigenvalue weighted by molar-refractivity contribution is 0.0959. The van der Waals surface area contributed by atoms with Crippen LogP contribution in [0.25, 0.3) is 10.9 Å². The summed E-state index contributed by atoms with van der Waals surface area (Å²) in [6, 6.07) is 3.54. The van der Waals surface area contributed by atoms with Gasteiger partial charge in [-0.15, -0.1) is 0 Å². The summed E-state index contributed by atoms with van der Waals surface area (Å²) >= 11 is 0. The van der Waals surface area contributed by atoms with E-state index in [2.05, 4.69) is 10.3 Å². The van der Waals surface area contributed by atoms with Crippen LogP contribution in [0.2, 0.25) is 0 Å². The maximum absolute atomic E-state index is 12.9. The second kappa shape index (κ2) is 3.34. The lowest BCUT2D eigenvalue weighted by Crippen LogP contribution is -2.17. The summed E-state index contributed by atoms with van der Waals surface area (Å²) in [7, 11) is 1.48. The van der Waals surface area contributed by atoms with Gasteiger partial charge >= 0.3 is 0 Å². The minimum atomic E-state index is -0.937. The van der Waals surface area contributed by atoms with E-state index in [9.17, 15) is 13.6 Å². The number of hydrogen-bond acceptors (Lipinski definition) is 1. The molecule has 15 heavy (non-hydrogen) atoms. The van der Waals surface area contributed by atoms with E-state index in [1.807, 2.05) is 0 Å². The summed E-state index contributed by atoms with van der Waals surface area (Å²) in [5, 5.41) is 2.88. The van der Waals surface area contributed by atoms with Crippen LogP contribution in [0.4, 0.5) is 8.78 Å². The summed E-state index contributed by atoms with van der Waals surface area (Å²) in [4.78, 5) is 13.9. The van der Waals surface area contributed by atoms with Crippen molar-refractivity contribution in [3.8, 4) is 0 Å². The highest BCUT2D eigenvalue weighted by Gasteiger charge is 2.10. The van der Waals surface area contributed by atoms with Gasteiger partial charge in [0.1, 0.15) is 5.69 Å². The second-order valence-corrected chi connectivity index (χ2v) is 3.12. The van der Waals surface area contributed by atoms with Crippen LogP contribution < -0.4 is 5.32 Å².